The summed E-state index contributed by atoms with van der Waals surface area (Å²) < 4.78 is 9.91. The number of likely N-dealkylation sites (tertiary alicyclic amines) is 2. The van der Waals surface area contributed by atoms with Gasteiger partial charge in [0.05, 0.1) is 55.7 Å². The van der Waals surface area contributed by atoms with E-state index >= 15 is 0 Å². The lowest BCUT2D eigenvalue weighted by Gasteiger charge is -2.30. The molecule has 2 fully saturated rings. The van der Waals surface area contributed by atoms with Crippen LogP contribution in [0.2, 0.25) is 0 Å². The maximum Gasteiger partial charge on any atom is 0.407 e. The molecule has 0 aliphatic carbocycles. The first-order valence-corrected chi connectivity index (χ1v) is 16.5. The Morgan fingerprint density at radius 1 is 0.809 bits per heavy atom. The minimum absolute atomic E-state index is 0.0727. The molecule has 4 heterocycles. The molecule has 5 rings (SSSR count). The van der Waals surface area contributed by atoms with E-state index in [1.807, 2.05) is 63.1 Å². The predicted octanol–water partition coefficient (Wildman–Crippen LogP) is 4.39. The highest BCUT2D eigenvalue weighted by molar-refractivity contribution is 5.86. The molecule has 3 amide bonds. The number of rotatable bonds is 12. The first-order valence-electron chi connectivity index (χ1n) is 16.5. The summed E-state index contributed by atoms with van der Waals surface area (Å²) in [5, 5.41) is 5.91. The number of benzene rings is 1. The third-order valence-corrected chi connectivity index (χ3v) is 9.17. The molecule has 1 aromatic carbocycles. The lowest BCUT2D eigenvalue weighted by Crippen LogP contribution is -2.51. The van der Waals surface area contributed by atoms with E-state index in [9.17, 15) is 14.4 Å². The number of methoxy groups -OCH3 is 2. The zero-order chi connectivity index (χ0) is 33.7. The van der Waals surface area contributed by atoms with E-state index in [1.165, 1.54) is 7.11 Å². The largest absolute Gasteiger partial charge is 0.453 e. The van der Waals surface area contributed by atoms with E-state index in [4.69, 9.17) is 14.5 Å². The second-order valence-electron chi connectivity index (χ2n) is 13.0. The highest BCUT2D eigenvalue weighted by atomic mass is 16.5. The summed E-state index contributed by atoms with van der Waals surface area (Å²) in [5.41, 5.74) is 3.68. The van der Waals surface area contributed by atoms with Crippen molar-refractivity contribution in [2.45, 2.75) is 77.5 Å². The molecule has 0 radical (unpaired) electrons. The number of hydrogen-bond acceptors (Lipinski definition) is 8. The van der Waals surface area contributed by atoms with Crippen molar-refractivity contribution in [2.75, 3.05) is 34.0 Å². The molecule has 0 bridgehead atoms. The van der Waals surface area contributed by atoms with Crippen LogP contribution in [0, 0.1) is 11.8 Å². The van der Waals surface area contributed by atoms with Gasteiger partial charge in [-0.2, -0.15) is 0 Å². The molecule has 13 heteroatoms. The molecule has 0 saturated carbocycles. The van der Waals surface area contributed by atoms with Crippen molar-refractivity contribution < 1.29 is 23.9 Å². The second kappa shape index (κ2) is 15.1. The van der Waals surface area contributed by atoms with Gasteiger partial charge in [0.1, 0.15) is 17.7 Å². The Balaban J connectivity index is 1.27. The van der Waals surface area contributed by atoms with Crippen molar-refractivity contribution in [1.82, 2.24) is 40.4 Å². The lowest BCUT2D eigenvalue weighted by atomic mass is 10.0. The van der Waals surface area contributed by atoms with E-state index in [2.05, 4.69) is 25.6 Å². The number of carbonyl (C=O) groups is 3. The number of alkyl carbamates (subject to hydrolysis) is 1. The molecule has 2 aromatic heterocycles. The van der Waals surface area contributed by atoms with E-state index < -0.39 is 12.1 Å². The molecule has 4 N–H and O–H groups in total. The van der Waals surface area contributed by atoms with Crippen LogP contribution < -0.4 is 10.6 Å². The van der Waals surface area contributed by atoms with Crippen molar-refractivity contribution in [3.63, 3.8) is 0 Å². The Bertz CT molecular complexity index is 1520. The molecular formula is C34H48N8O5. The van der Waals surface area contributed by atoms with Gasteiger partial charge in [0.2, 0.25) is 11.8 Å². The molecule has 47 heavy (non-hydrogen) atoms. The van der Waals surface area contributed by atoms with Crippen molar-refractivity contribution in [3.05, 3.63) is 48.3 Å². The zero-order valence-electron chi connectivity index (χ0n) is 28.2. The number of aromatic amines is 2. The summed E-state index contributed by atoms with van der Waals surface area (Å²) >= 11 is 0. The van der Waals surface area contributed by atoms with Crippen LogP contribution in [0.1, 0.15) is 77.1 Å². The van der Waals surface area contributed by atoms with Crippen LogP contribution in [-0.2, 0) is 19.1 Å². The molecule has 254 valence electrons. The highest BCUT2D eigenvalue weighted by Gasteiger charge is 2.38. The van der Waals surface area contributed by atoms with Gasteiger partial charge in [-0.25, -0.2) is 14.8 Å². The van der Waals surface area contributed by atoms with E-state index in [0.29, 0.717) is 19.8 Å². The van der Waals surface area contributed by atoms with Gasteiger partial charge in [0.25, 0.3) is 0 Å². The average Bonchev–Trinajstić information content (AvgIpc) is 3.89. The summed E-state index contributed by atoms with van der Waals surface area (Å²) in [4.78, 5) is 58.9. The molecule has 2 aliphatic rings. The van der Waals surface area contributed by atoms with Crippen molar-refractivity contribution in [2.24, 2.45) is 11.8 Å². The number of H-pyrrole nitrogens is 2. The van der Waals surface area contributed by atoms with Gasteiger partial charge in [-0.05, 0) is 48.6 Å². The fraction of sp³-hybridized carbons (Fsp3) is 0.559. The maximum absolute atomic E-state index is 13.5. The van der Waals surface area contributed by atoms with Crippen LogP contribution in [-0.4, -0.2) is 93.8 Å². The minimum Gasteiger partial charge on any atom is -0.453 e. The first-order chi connectivity index (χ1) is 22.6. The van der Waals surface area contributed by atoms with Crippen LogP contribution in [0.15, 0.2) is 36.7 Å². The molecule has 4 atom stereocenters. The Morgan fingerprint density at radius 3 is 1.70 bits per heavy atom. The number of imidazole rings is 2. The Labute approximate surface area is 276 Å². The van der Waals surface area contributed by atoms with Gasteiger partial charge in [0, 0.05) is 20.2 Å². The fourth-order valence-corrected chi connectivity index (χ4v) is 6.60. The number of nitrogens with zero attached hydrogens (tertiary/aromatic N) is 4. The monoisotopic (exact) mass is 648 g/mol. The van der Waals surface area contributed by atoms with E-state index in [1.54, 1.807) is 18.2 Å². The fourth-order valence-electron chi connectivity index (χ4n) is 6.60. The third-order valence-electron chi connectivity index (χ3n) is 9.17. The number of nitrogens with one attached hydrogen (secondary N) is 4. The van der Waals surface area contributed by atoms with Crippen LogP contribution >= 0.6 is 0 Å². The molecule has 2 saturated heterocycles. The summed E-state index contributed by atoms with van der Waals surface area (Å²) in [6, 6.07) is 6.82. The number of hydrogen-bond donors (Lipinski definition) is 4. The van der Waals surface area contributed by atoms with E-state index in [0.717, 1.165) is 59.8 Å². The maximum atomic E-state index is 13.5. The Kier molecular flexibility index (Phi) is 11.0. The standard InChI is InChI=1S/C34H48N8O5/c1-20(2)28(37-19-46-5)32(43)41-15-7-9-26(41)30-35-17-24(38-30)22-11-13-23(14-12-22)25-18-36-31(39-25)27-10-8-16-42(27)33(44)29(21(3)4)40-34(45)47-6/h11-14,17-18,20-21,26-29,37H,7-10,15-16,19H2,1-6H3,(H,35,38)(H,36,39)(H,40,45)/t26-,27-,28-,29-/m0/s1. The van der Waals surface area contributed by atoms with Crippen LogP contribution in [0.25, 0.3) is 22.5 Å². The van der Waals surface area contributed by atoms with Gasteiger partial charge in [-0.15, -0.1) is 0 Å². The van der Waals surface area contributed by atoms with Crippen LogP contribution in [0.5, 0.6) is 0 Å². The predicted molar refractivity (Wildman–Crippen MR) is 177 cm³/mol. The quantitative estimate of drug-likeness (QED) is 0.211. The number of carbonyl (C=O) groups excluding carboxylic acids is 3. The smallest absolute Gasteiger partial charge is 0.407 e. The van der Waals surface area contributed by atoms with Gasteiger partial charge >= 0.3 is 6.09 Å². The number of aromatic nitrogens is 4. The lowest BCUT2D eigenvalue weighted by molar-refractivity contribution is -0.136. The molecule has 3 aromatic rings. The van der Waals surface area contributed by atoms with Gasteiger partial charge in [0.15, 0.2) is 0 Å². The number of ether oxygens (including phenoxy) is 2. The molecule has 2 aliphatic heterocycles. The van der Waals surface area contributed by atoms with Crippen LogP contribution in [0.3, 0.4) is 0 Å². The molecule has 13 nitrogen and oxygen atoms in total. The van der Waals surface area contributed by atoms with Gasteiger partial charge < -0.3 is 34.6 Å². The average molecular weight is 649 g/mol. The Hall–Kier alpha value is -4.23. The van der Waals surface area contributed by atoms with Crippen molar-refractivity contribution >= 4 is 17.9 Å². The third kappa shape index (κ3) is 7.51. The SMILES string of the molecule is COCN[C@H](C(=O)N1CCC[C@H]1c1ncc(-c2ccc(-c3cnc([C@@H]4CCCN4C(=O)[C@@H](NC(=O)OC)C(C)C)[nH]3)cc2)[nH]1)C(C)C. The molecule has 0 spiro atoms. The van der Waals surface area contributed by atoms with Crippen LogP contribution in [0.4, 0.5) is 4.79 Å². The molecular weight excluding hydrogens is 600 g/mol. The number of amides is 3. The minimum atomic E-state index is -0.680. The normalized spacial score (nSPS) is 19.4. The summed E-state index contributed by atoms with van der Waals surface area (Å²) in [6.07, 6.45) is 6.43. The van der Waals surface area contributed by atoms with Gasteiger partial charge in [-0.3, -0.25) is 14.9 Å². The summed E-state index contributed by atoms with van der Waals surface area (Å²) in [5.74, 6) is 1.48. The van der Waals surface area contributed by atoms with Crippen molar-refractivity contribution in [1.29, 1.82) is 0 Å². The second-order valence-corrected chi connectivity index (χ2v) is 13.0. The first kappa shape index (κ1) is 34.1. The summed E-state index contributed by atoms with van der Waals surface area (Å²) in [6.45, 7) is 9.50. The van der Waals surface area contributed by atoms with Crippen molar-refractivity contribution in [3.8, 4) is 22.5 Å². The topological polar surface area (TPSA) is 158 Å². The molecule has 0 unspecified atom stereocenters. The Morgan fingerprint density at radius 2 is 1.28 bits per heavy atom. The van der Waals surface area contributed by atoms with Gasteiger partial charge in [-0.1, -0.05) is 52.0 Å². The zero-order valence-corrected chi connectivity index (χ0v) is 28.2. The highest BCUT2D eigenvalue weighted by Crippen LogP contribution is 2.35. The summed E-state index contributed by atoms with van der Waals surface area (Å²) in [7, 11) is 2.90. The van der Waals surface area contributed by atoms with E-state index in [-0.39, 0.29) is 41.8 Å².